The van der Waals surface area contributed by atoms with Crippen LogP contribution in [0.2, 0.25) is 0 Å². The third-order valence-electron chi connectivity index (χ3n) is 5.15. The molecule has 1 amide bonds. The van der Waals surface area contributed by atoms with Gasteiger partial charge < -0.3 is 11.1 Å². The first kappa shape index (κ1) is 14.8. The zero-order valence-corrected chi connectivity index (χ0v) is 12.4. The van der Waals surface area contributed by atoms with Crippen molar-refractivity contribution < 1.29 is 4.79 Å². The normalized spacial score (nSPS) is 30.2. The largest absolute Gasteiger partial charge is 0.353 e. The zero-order valence-electron chi connectivity index (χ0n) is 12.4. The molecule has 2 saturated carbocycles. The summed E-state index contributed by atoms with van der Waals surface area (Å²) in [6, 6.07) is 0.339. The summed E-state index contributed by atoms with van der Waals surface area (Å²) < 4.78 is 0. The molecule has 0 heterocycles. The third-order valence-corrected chi connectivity index (χ3v) is 5.15. The number of hydrogen-bond acceptors (Lipinski definition) is 2. The number of nitrogens with two attached hydrogens (primary N) is 1. The highest BCUT2D eigenvalue weighted by atomic mass is 16.1. The van der Waals surface area contributed by atoms with Crippen LogP contribution in [0.4, 0.5) is 0 Å². The van der Waals surface area contributed by atoms with E-state index in [0.717, 1.165) is 18.8 Å². The predicted octanol–water partition coefficient (Wildman–Crippen LogP) is 2.84. The lowest BCUT2D eigenvalue weighted by Gasteiger charge is -2.26. The Balaban J connectivity index is 1.75. The van der Waals surface area contributed by atoms with Crippen LogP contribution in [0, 0.1) is 17.8 Å². The first-order valence-electron chi connectivity index (χ1n) is 8.21. The fraction of sp³-hybridized carbons (Fsp3) is 0.938. The van der Waals surface area contributed by atoms with Crippen molar-refractivity contribution in [2.24, 2.45) is 23.5 Å². The molecule has 2 aliphatic carbocycles. The molecule has 2 aliphatic rings. The molecule has 110 valence electrons. The quantitative estimate of drug-likeness (QED) is 0.804. The maximum Gasteiger partial charge on any atom is 0.223 e. The van der Waals surface area contributed by atoms with Gasteiger partial charge in [-0.1, -0.05) is 45.4 Å². The van der Waals surface area contributed by atoms with E-state index in [4.69, 9.17) is 5.73 Å². The van der Waals surface area contributed by atoms with E-state index in [2.05, 4.69) is 12.2 Å². The number of carbonyl (C=O) groups excluding carboxylic acids is 1. The Morgan fingerprint density at radius 2 is 1.89 bits per heavy atom. The Bertz CT molecular complexity index is 286. The lowest BCUT2D eigenvalue weighted by atomic mass is 9.83. The van der Waals surface area contributed by atoms with Gasteiger partial charge in [-0.05, 0) is 37.6 Å². The summed E-state index contributed by atoms with van der Waals surface area (Å²) in [6.07, 6.45) is 11.3. The van der Waals surface area contributed by atoms with Gasteiger partial charge in [0.2, 0.25) is 5.91 Å². The van der Waals surface area contributed by atoms with Gasteiger partial charge in [-0.25, -0.2) is 0 Å². The van der Waals surface area contributed by atoms with Gasteiger partial charge in [0.25, 0.3) is 0 Å². The Morgan fingerprint density at radius 1 is 1.16 bits per heavy atom. The van der Waals surface area contributed by atoms with Crippen LogP contribution in [0.15, 0.2) is 0 Å². The number of carbonyl (C=O) groups is 1. The lowest BCUT2D eigenvalue weighted by molar-refractivity contribution is -0.126. The van der Waals surface area contributed by atoms with Crippen LogP contribution >= 0.6 is 0 Å². The van der Waals surface area contributed by atoms with Crippen molar-refractivity contribution in [3.8, 4) is 0 Å². The third kappa shape index (κ3) is 4.20. The maximum absolute atomic E-state index is 12.3. The second-order valence-corrected chi connectivity index (χ2v) is 6.68. The van der Waals surface area contributed by atoms with Crippen LogP contribution in [0.1, 0.15) is 64.7 Å². The molecule has 2 fully saturated rings. The van der Waals surface area contributed by atoms with Crippen LogP contribution < -0.4 is 11.1 Å². The van der Waals surface area contributed by atoms with Crippen molar-refractivity contribution in [3.63, 3.8) is 0 Å². The van der Waals surface area contributed by atoms with Gasteiger partial charge in [-0.2, -0.15) is 0 Å². The lowest BCUT2D eigenvalue weighted by Crippen LogP contribution is -2.42. The first-order valence-corrected chi connectivity index (χ1v) is 8.21. The minimum absolute atomic E-state index is 0.169. The summed E-state index contributed by atoms with van der Waals surface area (Å²) in [6.45, 7) is 2.80. The monoisotopic (exact) mass is 266 g/mol. The van der Waals surface area contributed by atoms with Gasteiger partial charge >= 0.3 is 0 Å². The Labute approximate surface area is 117 Å². The number of nitrogens with one attached hydrogen (secondary N) is 1. The minimum Gasteiger partial charge on any atom is -0.353 e. The van der Waals surface area contributed by atoms with Crippen LogP contribution in [-0.4, -0.2) is 18.5 Å². The molecule has 19 heavy (non-hydrogen) atoms. The molecule has 0 bridgehead atoms. The molecule has 3 N–H and O–H groups in total. The summed E-state index contributed by atoms with van der Waals surface area (Å²) in [7, 11) is 0. The average Bonchev–Trinajstić information content (AvgIpc) is 2.87. The van der Waals surface area contributed by atoms with E-state index in [-0.39, 0.29) is 11.8 Å². The molecule has 0 aromatic rings. The second kappa shape index (κ2) is 7.28. The van der Waals surface area contributed by atoms with E-state index in [9.17, 15) is 4.79 Å². The van der Waals surface area contributed by atoms with E-state index in [0.29, 0.717) is 18.5 Å². The molecule has 0 saturated heterocycles. The molecule has 2 rings (SSSR count). The molecule has 0 spiro atoms. The molecule has 3 nitrogen and oxygen atoms in total. The summed E-state index contributed by atoms with van der Waals surface area (Å²) in [5.41, 5.74) is 5.77. The molecular formula is C16H30N2O. The molecule has 0 aromatic heterocycles. The average molecular weight is 266 g/mol. The van der Waals surface area contributed by atoms with E-state index in [1.54, 1.807) is 0 Å². The number of amides is 1. The Morgan fingerprint density at radius 3 is 2.58 bits per heavy atom. The van der Waals surface area contributed by atoms with Gasteiger partial charge in [0.15, 0.2) is 0 Å². The van der Waals surface area contributed by atoms with E-state index >= 15 is 0 Å². The summed E-state index contributed by atoms with van der Waals surface area (Å²) in [5, 5.41) is 3.25. The summed E-state index contributed by atoms with van der Waals surface area (Å²) in [5.74, 6) is 1.72. The van der Waals surface area contributed by atoms with Crippen LogP contribution in [0.25, 0.3) is 0 Å². The zero-order chi connectivity index (χ0) is 13.7. The number of hydrogen-bond donors (Lipinski definition) is 2. The summed E-state index contributed by atoms with van der Waals surface area (Å²) in [4.78, 5) is 12.3. The topological polar surface area (TPSA) is 55.1 Å². The molecule has 3 heteroatoms. The van der Waals surface area contributed by atoms with Gasteiger partial charge in [0.05, 0.1) is 0 Å². The van der Waals surface area contributed by atoms with E-state index in [1.807, 2.05) is 0 Å². The van der Waals surface area contributed by atoms with Crippen molar-refractivity contribution in [2.45, 2.75) is 70.8 Å². The Hall–Kier alpha value is -0.570. The van der Waals surface area contributed by atoms with Crippen LogP contribution in [0.3, 0.4) is 0 Å². The first-order chi connectivity index (χ1) is 9.20. The highest BCUT2D eigenvalue weighted by Gasteiger charge is 2.29. The molecule has 0 aromatic carbocycles. The molecule has 3 unspecified atom stereocenters. The van der Waals surface area contributed by atoms with Gasteiger partial charge in [0.1, 0.15) is 0 Å². The Kier molecular flexibility index (Phi) is 5.68. The minimum atomic E-state index is 0.169. The van der Waals surface area contributed by atoms with Crippen LogP contribution in [-0.2, 0) is 4.79 Å². The van der Waals surface area contributed by atoms with Gasteiger partial charge in [-0.3, -0.25) is 4.79 Å². The fourth-order valence-corrected chi connectivity index (χ4v) is 3.86. The predicted molar refractivity (Wildman–Crippen MR) is 78.7 cm³/mol. The SMILES string of the molecule is CC(CC1CCCCC1)C(=O)NC1CCCC1CN. The van der Waals surface area contributed by atoms with E-state index < -0.39 is 0 Å². The van der Waals surface area contributed by atoms with Crippen molar-refractivity contribution in [2.75, 3.05) is 6.54 Å². The van der Waals surface area contributed by atoms with Gasteiger partial charge in [-0.15, -0.1) is 0 Å². The van der Waals surface area contributed by atoms with E-state index in [1.165, 1.54) is 44.9 Å². The van der Waals surface area contributed by atoms with Crippen molar-refractivity contribution in [1.82, 2.24) is 5.32 Å². The van der Waals surface area contributed by atoms with Crippen molar-refractivity contribution >= 4 is 5.91 Å². The summed E-state index contributed by atoms with van der Waals surface area (Å²) >= 11 is 0. The second-order valence-electron chi connectivity index (χ2n) is 6.68. The molecule has 0 aliphatic heterocycles. The molecule has 0 radical (unpaired) electrons. The standard InChI is InChI=1S/C16H30N2O/c1-12(10-13-6-3-2-4-7-13)16(19)18-15-9-5-8-14(15)11-17/h12-15H,2-11,17H2,1H3,(H,18,19). The molecular weight excluding hydrogens is 236 g/mol. The number of rotatable bonds is 5. The molecule has 3 atom stereocenters. The highest BCUT2D eigenvalue weighted by Crippen LogP contribution is 2.30. The smallest absolute Gasteiger partial charge is 0.223 e. The van der Waals surface area contributed by atoms with Crippen LogP contribution in [0.5, 0.6) is 0 Å². The van der Waals surface area contributed by atoms with Gasteiger partial charge in [0, 0.05) is 12.0 Å². The highest BCUT2D eigenvalue weighted by molar-refractivity contribution is 5.78. The van der Waals surface area contributed by atoms with Crippen molar-refractivity contribution in [1.29, 1.82) is 0 Å². The van der Waals surface area contributed by atoms with Crippen molar-refractivity contribution in [3.05, 3.63) is 0 Å². The fourth-order valence-electron chi connectivity index (χ4n) is 3.86. The maximum atomic E-state index is 12.3.